The average molecular weight is 419 g/mol. The molecular weight excluding hydrogens is 388 g/mol. The van der Waals surface area contributed by atoms with E-state index in [2.05, 4.69) is 34.2 Å². The molecule has 2 aromatic rings. The van der Waals surface area contributed by atoms with Gasteiger partial charge in [0.25, 0.3) is 0 Å². The van der Waals surface area contributed by atoms with E-state index in [0.717, 1.165) is 76.6 Å². The predicted octanol–water partition coefficient (Wildman–Crippen LogP) is 2.59. The van der Waals surface area contributed by atoms with Crippen LogP contribution in [-0.2, 0) is 16.0 Å². The van der Waals surface area contributed by atoms with E-state index in [4.69, 9.17) is 22.3 Å². The summed E-state index contributed by atoms with van der Waals surface area (Å²) in [4.78, 5) is 12.6. The molecule has 4 rings (SSSR count). The number of carbonyl (C=O) groups is 1. The lowest BCUT2D eigenvalue weighted by Gasteiger charge is -2.26. The maximum atomic E-state index is 10.2. The Hall–Kier alpha value is -2.93. The van der Waals surface area contributed by atoms with Gasteiger partial charge in [0.2, 0.25) is 0 Å². The zero-order chi connectivity index (χ0) is 22.2. The highest BCUT2D eigenvalue weighted by molar-refractivity contribution is 5.74. The summed E-state index contributed by atoms with van der Waals surface area (Å²) in [5, 5.41) is 3.16. The fraction of sp³-hybridized carbons (Fsp3) is 0.346. The van der Waals surface area contributed by atoms with Crippen LogP contribution in [-0.4, -0.2) is 63.8 Å². The Balaban J connectivity index is 0.000000183. The SMILES string of the molecule is C#Cc1ccc(C=O)cc1.C#Cc1ccc(CN2CCOCC2)cc1.C1COCCN1. The van der Waals surface area contributed by atoms with Crippen molar-refractivity contribution in [2.24, 2.45) is 0 Å². The molecule has 1 N–H and O–H groups in total. The molecule has 2 fully saturated rings. The third kappa shape index (κ3) is 10.1. The molecule has 0 spiro atoms. The molecule has 2 aromatic carbocycles. The Bertz CT molecular complexity index is 827. The van der Waals surface area contributed by atoms with Gasteiger partial charge < -0.3 is 14.8 Å². The second-order valence-electron chi connectivity index (χ2n) is 6.98. The highest BCUT2D eigenvalue weighted by Crippen LogP contribution is 2.08. The Morgan fingerprint density at radius 1 is 0.839 bits per heavy atom. The lowest BCUT2D eigenvalue weighted by atomic mass is 10.1. The first-order valence-corrected chi connectivity index (χ1v) is 10.4. The van der Waals surface area contributed by atoms with Gasteiger partial charge in [-0.3, -0.25) is 9.69 Å². The van der Waals surface area contributed by atoms with Crippen LogP contribution in [0, 0.1) is 24.7 Å². The number of aldehydes is 1. The van der Waals surface area contributed by atoms with Crippen LogP contribution < -0.4 is 5.32 Å². The van der Waals surface area contributed by atoms with Crippen molar-refractivity contribution in [1.29, 1.82) is 0 Å². The summed E-state index contributed by atoms with van der Waals surface area (Å²) in [7, 11) is 0. The largest absolute Gasteiger partial charge is 0.379 e. The van der Waals surface area contributed by atoms with E-state index in [1.807, 2.05) is 12.1 Å². The van der Waals surface area contributed by atoms with E-state index in [1.165, 1.54) is 5.56 Å². The second kappa shape index (κ2) is 15.0. The van der Waals surface area contributed by atoms with E-state index in [0.29, 0.717) is 5.56 Å². The molecule has 0 atom stereocenters. The summed E-state index contributed by atoms with van der Waals surface area (Å²) < 4.78 is 10.3. The normalized spacial score (nSPS) is 15.7. The minimum Gasteiger partial charge on any atom is -0.379 e. The van der Waals surface area contributed by atoms with E-state index in [1.54, 1.807) is 24.3 Å². The van der Waals surface area contributed by atoms with Crippen molar-refractivity contribution in [3.8, 4) is 24.7 Å². The van der Waals surface area contributed by atoms with Crippen molar-refractivity contribution in [1.82, 2.24) is 10.2 Å². The van der Waals surface area contributed by atoms with E-state index in [-0.39, 0.29) is 0 Å². The molecule has 0 saturated carbocycles. The molecule has 2 heterocycles. The highest BCUT2D eigenvalue weighted by Gasteiger charge is 2.10. The fourth-order valence-corrected chi connectivity index (χ4v) is 2.90. The average Bonchev–Trinajstić information content (AvgIpc) is 2.87. The molecule has 0 bridgehead atoms. The zero-order valence-electron chi connectivity index (χ0n) is 17.9. The number of nitrogens with one attached hydrogen (secondary N) is 1. The number of carbonyl (C=O) groups excluding carboxylic acids is 1. The van der Waals surface area contributed by atoms with Gasteiger partial charge in [-0.15, -0.1) is 12.8 Å². The van der Waals surface area contributed by atoms with Gasteiger partial charge in [0.1, 0.15) is 6.29 Å². The number of nitrogens with zero attached hydrogens (tertiary/aromatic N) is 1. The van der Waals surface area contributed by atoms with Crippen molar-refractivity contribution in [2.75, 3.05) is 52.6 Å². The summed E-state index contributed by atoms with van der Waals surface area (Å²) in [6.45, 7) is 8.58. The third-order valence-corrected chi connectivity index (χ3v) is 4.69. The van der Waals surface area contributed by atoms with Crippen molar-refractivity contribution >= 4 is 6.29 Å². The Morgan fingerprint density at radius 3 is 1.77 bits per heavy atom. The van der Waals surface area contributed by atoms with Gasteiger partial charge in [-0.1, -0.05) is 36.1 Å². The quantitative estimate of drug-likeness (QED) is 0.613. The van der Waals surface area contributed by atoms with Crippen LogP contribution in [0.1, 0.15) is 27.0 Å². The number of morpholine rings is 2. The number of rotatable bonds is 3. The maximum Gasteiger partial charge on any atom is 0.150 e. The number of hydrogen-bond donors (Lipinski definition) is 1. The van der Waals surface area contributed by atoms with Gasteiger partial charge in [-0.25, -0.2) is 0 Å². The zero-order valence-corrected chi connectivity index (χ0v) is 17.9. The summed E-state index contributed by atoms with van der Waals surface area (Å²) in [6.07, 6.45) is 11.2. The summed E-state index contributed by atoms with van der Waals surface area (Å²) >= 11 is 0. The van der Waals surface area contributed by atoms with Crippen LogP contribution in [0.2, 0.25) is 0 Å². The summed E-state index contributed by atoms with van der Waals surface area (Å²) in [6, 6.07) is 15.1. The summed E-state index contributed by atoms with van der Waals surface area (Å²) in [5.41, 5.74) is 3.71. The van der Waals surface area contributed by atoms with Crippen molar-refractivity contribution in [3.63, 3.8) is 0 Å². The third-order valence-electron chi connectivity index (χ3n) is 4.69. The van der Waals surface area contributed by atoms with Gasteiger partial charge in [0.05, 0.1) is 26.4 Å². The van der Waals surface area contributed by atoms with Crippen molar-refractivity contribution in [2.45, 2.75) is 6.54 Å². The molecule has 162 valence electrons. The van der Waals surface area contributed by atoms with Gasteiger partial charge in [0.15, 0.2) is 0 Å². The lowest BCUT2D eigenvalue weighted by Crippen LogP contribution is -2.35. The van der Waals surface area contributed by atoms with E-state index >= 15 is 0 Å². The summed E-state index contributed by atoms with van der Waals surface area (Å²) in [5.74, 6) is 5.09. The van der Waals surface area contributed by atoms with Gasteiger partial charge in [-0.2, -0.15) is 0 Å². The molecule has 2 saturated heterocycles. The molecule has 0 aromatic heterocycles. The van der Waals surface area contributed by atoms with Crippen LogP contribution in [0.15, 0.2) is 48.5 Å². The van der Waals surface area contributed by atoms with Crippen LogP contribution in [0.3, 0.4) is 0 Å². The molecular formula is C26H30N2O3. The molecule has 0 aliphatic carbocycles. The Morgan fingerprint density at radius 2 is 1.35 bits per heavy atom. The molecule has 0 amide bonds. The maximum absolute atomic E-state index is 10.2. The molecule has 31 heavy (non-hydrogen) atoms. The minimum atomic E-state index is 0.652. The number of ether oxygens (including phenoxy) is 2. The molecule has 5 nitrogen and oxygen atoms in total. The Kier molecular flexibility index (Phi) is 11.7. The number of terminal acetylenes is 2. The van der Waals surface area contributed by atoms with E-state index in [9.17, 15) is 4.79 Å². The molecule has 2 aliphatic heterocycles. The van der Waals surface area contributed by atoms with Gasteiger partial charge in [0, 0.05) is 49.4 Å². The Labute approximate surface area is 185 Å². The minimum absolute atomic E-state index is 0.652. The lowest BCUT2D eigenvalue weighted by molar-refractivity contribution is 0.0342. The topological polar surface area (TPSA) is 50.8 Å². The first-order chi connectivity index (χ1) is 15.2. The monoisotopic (exact) mass is 418 g/mol. The smallest absolute Gasteiger partial charge is 0.150 e. The van der Waals surface area contributed by atoms with Gasteiger partial charge in [-0.05, 0) is 29.8 Å². The van der Waals surface area contributed by atoms with Crippen LogP contribution in [0.4, 0.5) is 0 Å². The van der Waals surface area contributed by atoms with Crippen molar-refractivity contribution in [3.05, 3.63) is 70.8 Å². The fourth-order valence-electron chi connectivity index (χ4n) is 2.90. The van der Waals surface area contributed by atoms with Gasteiger partial charge >= 0.3 is 0 Å². The highest BCUT2D eigenvalue weighted by atomic mass is 16.5. The number of hydrogen-bond acceptors (Lipinski definition) is 5. The van der Waals surface area contributed by atoms with Crippen molar-refractivity contribution < 1.29 is 14.3 Å². The molecule has 0 unspecified atom stereocenters. The van der Waals surface area contributed by atoms with Crippen LogP contribution in [0.5, 0.6) is 0 Å². The molecule has 0 radical (unpaired) electrons. The second-order valence-corrected chi connectivity index (χ2v) is 6.98. The van der Waals surface area contributed by atoms with E-state index < -0.39 is 0 Å². The predicted molar refractivity (Wildman–Crippen MR) is 124 cm³/mol. The number of benzene rings is 2. The standard InChI is InChI=1S/C13H15NO.C9H6O.C4H9NO/c1-2-12-3-5-13(6-4-12)11-14-7-9-15-10-8-14;1-2-8-3-5-9(7-10)6-4-8;1-3-6-4-2-5-1/h1,3-6H,7-11H2;1,3-7H;5H,1-4H2. The molecule has 2 aliphatic rings. The first kappa shape index (κ1) is 24.3. The molecule has 5 heteroatoms. The van der Waals surface area contributed by atoms with Crippen LogP contribution >= 0.6 is 0 Å². The van der Waals surface area contributed by atoms with Crippen LogP contribution in [0.25, 0.3) is 0 Å². The first-order valence-electron chi connectivity index (χ1n) is 10.4.